The first-order chi connectivity index (χ1) is 14.4. The van der Waals surface area contributed by atoms with E-state index >= 15 is 0 Å². The number of carbonyl (C=O) groups is 2. The lowest BCUT2D eigenvalue weighted by Crippen LogP contribution is -2.52. The lowest BCUT2D eigenvalue weighted by atomic mass is 9.81. The van der Waals surface area contributed by atoms with Gasteiger partial charge in [0.05, 0.1) is 22.5 Å². The second-order valence-electron chi connectivity index (χ2n) is 8.45. The summed E-state index contributed by atoms with van der Waals surface area (Å²) in [4.78, 5) is 30.9. The van der Waals surface area contributed by atoms with Gasteiger partial charge in [0.15, 0.2) is 5.78 Å². The van der Waals surface area contributed by atoms with Crippen LogP contribution < -0.4 is 4.74 Å². The van der Waals surface area contributed by atoms with Gasteiger partial charge in [-0.15, -0.1) is 0 Å². The van der Waals surface area contributed by atoms with E-state index in [2.05, 4.69) is 4.98 Å². The van der Waals surface area contributed by atoms with Crippen molar-refractivity contribution < 1.29 is 14.3 Å². The number of Topliss-reactive ketones (excluding diaryl/α,β-unsaturated/α-hetero) is 1. The molecule has 1 fully saturated rings. The van der Waals surface area contributed by atoms with Gasteiger partial charge in [-0.3, -0.25) is 9.59 Å². The number of nitrogens with one attached hydrogen (secondary N) is 1. The Morgan fingerprint density at radius 3 is 2.67 bits per heavy atom. The number of halogens is 1. The fourth-order valence-corrected chi connectivity index (χ4v) is 4.81. The maximum Gasteiger partial charge on any atom is 0.270 e. The Morgan fingerprint density at radius 2 is 1.93 bits per heavy atom. The SMILES string of the molecule is Cc1ccc2c(c1C)OC1(CCN(C(=O)c3cc4cccc(Cl)c4[nH]3)CC1)CC2=O. The van der Waals surface area contributed by atoms with E-state index in [0.717, 1.165) is 27.8 Å². The van der Waals surface area contributed by atoms with Gasteiger partial charge in [-0.25, -0.2) is 0 Å². The first-order valence-electron chi connectivity index (χ1n) is 10.3. The van der Waals surface area contributed by atoms with Crippen molar-refractivity contribution in [1.82, 2.24) is 9.88 Å². The fraction of sp³-hybridized carbons (Fsp3) is 0.333. The van der Waals surface area contributed by atoms with Gasteiger partial charge < -0.3 is 14.6 Å². The van der Waals surface area contributed by atoms with Gasteiger partial charge in [0.25, 0.3) is 5.91 Å². The molecule has 0 aliphatic carbocycles. The van der Waals surface area contributed by atoms with Crippen molar-refractivity contribution in [2.45, 2.75) is 38.7 Å². The summed E-state index contributed by atoms with van der Waals surface area (Å²) in [6.45, 7) is 5.13. The van der Waals surface area contributed by atoms with E-state index in [0.29, 0.717) is 48.6 Å². The number of H-pyrrole nitrogens is 1. The molecule has 0 radical (unpaired) electrons. The molecule has 5 rings (SSSR count). The first-order valence-corrected chi connectivity index (χ1v) is 10.6. The second kappa shape index (κ2) is 6.88. The third-order valence-corrected chi connectivity index (χ3v) is 6.89. The van der Waals surface area contributed by atoms with Crippen molar-refractivity contribution in [3.63, 3.8) is 0 Å². The van der Waals surface area contributed by atoms with Crippen molar-refractivity contribution in [1.29, 1.82) is 0 Å². The number of hydrogen-bond donors (Lipinski definition) is 1. The lowest BCUT2D eigenvalue weighted by Gasteiger charge is -2.44. The molecule has 3 heterocycles. The van der Waals surface area contributed by atoms with Gasteiger partial charge in [-0.05, 0) is 43.2 Å². The maximum atomic E-state index is 13.1. The van der Waals surface area contributed by atoms with E-state index in [1.165, 1.54) is 0 Å². The number of hydrogen-bond acceptors (Lipinski definition) is 3. The summed E-state index contributed by atoms with van der Waals surface area (Å²) >= 11 is 6.23. The number of carbonyl (C=O) groups excluding carboxylic acids is 2. The molecule has 2 aromatic carbocycles. The number of aromatic nitrogens is 1. The molecule has 1 N–H and O–H groups in total. The number of nitrogens with zero attached hydrogens (tertiary/aromatic N) is 1. The van der Waals surface area contributed by atoms with E-state index < -0.39 is 5.60 Å². The normalized spacial score (nSPS) is 17.8. The van der Waals surface area contributed by atoms with Crippen LogP contribution in [-0.2, 0) is 0 Å². The van der Waals surface area contributed by atoms with Gasteiger partial charge in [-0.1, -0.05) is 29.8 Å². The predicted octanol–water partition coefficient (Wildman–Crippen LogP) is 5.08. The van der Waals surface area contributed by atoms with Gasteiger partial charge in [0, 0.05) is 31.3 Å². The molecule has 0 unspecified atom stereocenters. The number of aryl methyl sites for hydroxylation is 1. The molecule has 0 bridgehead atoms. The highest BCUT2D eigenvalue weighted by Crippen LogP contribution is 2.42. The van der Waals surface area contributed by atoms with Crippen molar-refractivity contribution >= 4 is 34.2 Å². The van der Waals surface area contributed by atoms with Crippen LogP contribution in [0.15, 0.2) is 36.4 Å². The molecule has 3 aromatic rings. The van der Waals surface area contributed by atoms with Crippen molar-refractivity contribution in [3.05, 3.63) is 63.8 Å². The standard InChI is InChI=1S/C24H23ClN2O3/c1-14-6-7-17-20(28)13-24(30-22(17)15(14)2)8-10-27(11-9-24)23(29)19-12-16-4-3-5-18(25)21(16)26-19/h3-7,12,26H,8-11,13H2,1-2H3. The smallest absolute Gasteiger partial charge is 0.270 e. The van der Waals surface area contributed by atoms with Crippen LogP contribution in [0.4, 0.5) is 0 Å². The van der Waals surface area contributed by atoms with E-state index in [1.807, 2.05) is 49.1 Å². The molecule has 0 atom stereocenters. The molecule has 154 valence electrons. The summed E-state index contributed by atoms with van der Waals surface area (Å²) in [6, 6.07) is 11.3. The number of para-hydroxylation sites is 1. The lowest BCUT2D eigenvalue weighted by molar-refractivity contribution is -0.00632. The summed E-state index contributed by atoms with van der Waals surface area (Å²) in [6.07, 6.45) is 1.64. The molecule has 1 saturated heterocycles. The molecule has 5 nitrogen and oxygen atoms in total. The first kappa shape index (κ1) is 19.2. The Bertz CT molecular complexity index is 1190. The fourth-order valence-electron chi connectivity index (χ4n) is 4.58. The molecule has 2 aliphatic heterocycles. The minimum atomic E-state index is -0.525. The highest BCUT2D eigenvalue weighted by molar-refractivity contribution is 6.35. The minimum Gasteiger partial charge on any atom is -0.486 e. The summed E-state index contributed by atoms with van der Waals surface area (Å²) in [5.74, 6) is 0.798. The van der Waals surface area contributed by atoms with Crippen LogP contribution in [0.1, 0.15) is 51.2 Å². The zero-order valence-corrected chi connectivity index (χ0v) is 17.8. The van der Waals surface area contributed by atoms with Crippen LogP contribution in [0, 0.1) is 13.8 Å². The van der Waals surface area contributed by atoms with Gasteiger partial charge >= 0.3 is 0 Å². The van der Waals surface area contributed by atoms with Crippen LogP contribution in [0.2, 0.25) is 5.02 Å². The molecule has 1 spiro atoms. The number of ketones is 1. The highest BCUT2D eigenvalue weighted by atomic mass is 35.5. The third kappa shape index (κ3) is 3.00. The Labute approximate surface area is 180 Å². The van der Waals surface area contributed by atoms with E-state index in [4.69, 9.17) is 16.3 Å². The number of benzene rings is 2. The Morgan fingerprint density at radius 1 is 1.17 bits per heavy atom. The molecule has 0 saturated carbocycles. The molecule has 2 aliphatic rings. The summed E-state index contributed by atoms with van der Waals surface area (Å²) in [7, 11) is 0. The zero-order chi connectivity index (χ0) is 21.0. The van der Waals surface area contributed by atoms with Crippen LogP contribution in [0.5, 0.6) is 5.75 Å². The molecule has 1 amide bonds. The molecular formula is C24H23ClN2O3. The minimum absolute atomic E-state index is 0.0494. The van der Waals surface area contributed by atoms with Crippen molar-refractivity contribution in [3.8, 4) is 5.75 Å². The molecule has 30 heavy (non-hydrogen) atoms. The van der Waals surface area contributed by atoms with Crippen LogP contribution >= 0.6 is 11.6 Å². The average molecular weight is 423 g/mol. The number of piperidine rings is 1. The molecule has 1 aromatic heterocycles. The van der Waals surface area contributed by atoms with Crippen molar-refractivity contribution in [2.75, 3.05) is 13.1 Å². The van der Waals surface area contributed by atoms with Crippen LogP contribution in [-0.4, -0.2) is 40.3 Å². The number of ether oxygens (including phenoxy) is 1. The Kier molecular flexibility index (Phi) is 4.40. The van der Waals surface area contributed by atoms with Gasteiger partial charge in [0.2, 0.25) is 0 Å². The quantitative estimate of drug-likeness (QED) is 0.595. The third-order valence-electron chi connectivity index (χ3n) is 6.58. The van der Waals surface area contributed by atoms with E-state index in [1.54, 1.807) is 6.07 Å². The van der Waals surface area contributed by atoms with Crippen LogP contribution in [0.3, 0.4) is 0 Å². The number of rotatable bonds is 1. The highest BCUT2D eigenvalue weighted by Gasteiger charge is 2.44. The number of likely N-dealkylation sites (tertiary alicyclic amines) is 1. The second-order valence-corrected chi connectivity index (χ2v) is 8.86. The van der Waals surface area contributed by atoms with Crippen LogP contribution in [0.25, 0.3) is 10.9 Å². The van der Waals surface area contributed by atoms with Gasteiger partial charge in [-0.2, -0.15) is 0 Å². The maximum absolute atomic E-state index is 13.1. The number of amides is 1. The Balaban J connectivity index is 1.36. The molecular weight excluding hydrogens is 400 g/mol. The Hall–Kier alpha value is -2.79. The predicted molar refractivity (Wildman–Crippen MR) is 117 cm³/mol. The largest absolute Gasteiger partial charge is 0.486 e. The van der Waals surface area contributed by atoms with Crippen molar-refractivity contribution in [2.24, 2.45) is 0 Å². The number of fused-ring (bicyclic) bond motifs is 2. The van der Waals surface area contributed by atoms with Gasteiger partial charge in [0.1, 0.15) is 17.0 Å². The molecule has 6 heteroatoms. The summed E-state index contributed by atoms with van der Waals surface area (Å²) in [5, 5.41) is 1.52. The number of aromatic amines is 1. The summed E-state index contributed by atoms with van der Waals surface area (Å²) < 4.78 is 6.46. The average Bonchev–Trinajstić information content (AvgIpc) is 3.17. The topological polar surface area (TPSA) is 62.4 Å². The zero-order valence-electron chi connectivity index (χ0n) is 17.0. The van der Waals surface area contributed by atoms with E-state index in [-0.39, 0.29) is 11.7 Å². The monoisotopic (exact) mass is 422 g/mol. The van der Waals surface area contributed by atoms with E-state index in [9.17, 15) is 9.59 Å². The summed E-state index contributed by atoms with van der Waals surface area (Å²) in [5.41, 5.74) is 3.60.